The zero-order valence-corrected chi connectivity index (χ0v) is 12.6. The largest absolute Gasteiger partial charge is 0.368 e. The van der Waals surface area contributed by atoms with Crippen molar-refractivity contribution in [2.75, 3.05) is 31.6 Å². The number of likely N-dealkylation sites (N-methyl/N-ethyl adjacent to an activating group) is 1. The first-order chi connectivity index (χ1) is 9.13. The van der Waals surface area contributed by atoms with Crippen molar-refractivity contribution in [1.29, 1.82) is 0 Å². The Bertz CT molecular complexity index is 395. The van der Waals surface area contributed by atoms with Crippen LogP contribution in [0.1, 0.15) is 26.3 Å². The van der Waals surface area contributed by atoms with Crippen LogP contribution in [0.4, 0.5) is 5.69 Å². The minimum Gasteiger partial charge on any atom is -0.368 e. The van der Waals surface area contributed by atoms with Gasteiger partial charge in [0.05, 0.1) is 0 Å². The highest BCUT2D eigenvalue weighted by Crippen LogP contribution is 2.24. The quantitative estimate of drug-likeness (QED) is 0.895. The molecule has 1 aromatic heterocycles. The summed E-state index contributed by atoms with van der Waals surface area (Å²) in [6.07, 6.45) is 3.89. The molecular weight excluding hydrogens is 236 g/mol. The molecule has 0 amide bonds. The smallest absolute Gasteiger partial charge is 0.0443 e. The molecule has 1 aliphatic heterocycles. The third kappa shape index (κ3) is 3.25. The number of piperazine rings is 1. The van der Waals surface area contributed by atoms with Crippen molar-refractivity contribution >= 4 is 5.69 Å². The van der Waals surface area contributed by atoms with E-state index in [0.29, 0.717) is 12.1 Å². The Hall–Kier alpha value is -1.13. The predicted octanol–water partition coefficient (Wildman–Crippen LogP) is 1.72. The predicted molar refractivity (Wildman–Crippen MR) is 80.5 cm³/mol. The van der Waals surface area contributed by atoms with Crippen molar-refractivity contribution in [2.24, 2.45) is 0 Å². The fourth-order valence-corrected chi connectivity index (χ4v) is 2.73. The van der Waals surface area contributed by atoms with Crippen LogP contribution < -0.4 is 10.2 Å². The van der Waals surface area contributed by atoms with Gasteiger partial charge in [0.25, 0.3) is 0 Å². The van der Waals surface area contributed by atoms with E-state index in [1.54, 1.807) is 0 Å². The van der Waals surface area contributed by atoms with Crippen molar-refractivity contribution in [2.45, 2.75) is 39.4 Å². The van der Waals surface area contributed by atoms with E-state index < -0.39 is 0 Å². The average Bonchev–Trinajstić information content (AvgIpc) is 2.42. The molecular formula is C15H26N4. The second kappa shape index (κ2) is 6.35. The molecule has 2 atom stereocenters. The van der Waals surface area contributed by atoms with Crippen molar-refractivity contribution in [3.05, 3.63) is 24.0 Å². The van der Waals surface area contributed by atoms with E-state index in [4.69, 9.17) is 0 Å². The van der Waals surface area contributed by atoms with Crippen LogP contribution in [-0.4, -0.2) is 48.6 Å². The highest BCUT2D eigenvalue weighted by Gasteiger charge is 2.27. The number of nitrogens with zero attached hydrogens (tertiary/aromatic N) is 3. The number of nitrogens with one attached hydrogen (secondary N) is 1. The summed E-state index contributed by atoms with van der Waals surface area (Å²) < 4.78 is 0. The van der Waals surface area contributed by atoms with E-state index in [0.717, 1.165) is 26.2 Å². The van der Waals surface area contributed by atoms with Crippen molar-refractivity contribution in [1.82, 2.24) is 15.2 Å². The number of pyridine rings is 1. The maximum atomic E-state index is 4.27. The van der Waals surface area contributed by atoms with E-state index in [2.05, 4.69) is 54.0 Å². The Morgan fingerprint density at radius 2 is 2.00 bits per heavy atom. The maximum absolute atomic E-state index is 4.27. The lowest BCUT2D eigenvalue weighted by Gasteiger charge is -2.44. The highest BCUT2D eigenvalue weighted by molar-refractivity contribution is 5.53. The molecule has 2 rings (SSSR count). The maximum Gasteiger partial charge on any atom is 0.0443 e. The molecule has 0 aliphatic carbocycles. The molecule has 2 unspecified atom stereocenters. The molecule has 2 heterocycles. The summed E-state index contributed by atoms with van der Waals surface area (Å²) in [7, 11) is 2.22. The summed E-state index contributed by atoms with van der Waals surface area (Å²) in [5, 5.41) is 3.40. The SMILES string of the molecule is CCNCc1cnccc1N1CC(C)N(C)C(C)C1. The van der Waals surface area contributed by atoms with Gasteiger partial charge in [-0.1, -0.05) is 6.92 Å². The van der Waals surface area contributed by atoms with Gasteiger partial charge in [0.1, 0.15) is 0 Å². The van der Waals surface area contributed by atoms with Gasteiger partial charge in [-0.15, -0.1) is 0 Å². The van der Waals surface area contributed by atoms with E-state index >= 15 is 0 Å². The van der Waals surface area contributed by atoms with Crippen LogP contribution in [0.15, 0.2) is 18.5 Å². The molecule has 0 spiro atoms. The van der Waals surface area contributed by atoms with Gasteiger partial charge < -0.3 is 10.2 Å². The highest BCUT2D eigenvalue weighted by atomic mass is 15.3. The van der Waals surface area contributed by atoms with Crippen LogP contribution in [0, 0.1) is 0 Å². The fourth-order valence-electron chi connectivity index (χ4n) is 2.73. The van der Waals surface area contributed by atoms with E-state index in [1.807, 2.05) is 12.4 Å². The van der Waals surface area contributed by atoms with Crippen molar-refractivity contribution < 1.29 is 0 Å². The molecule has 0 saturated carbocycles. The zero-order chi connectivity index (χ0) is 13.8. The minimum atomic E-state index is 0.587. The molecule has 0 aromatic carbocycles. The molecule has 106 valence electrons. The summed E-state index contributed by atoms with van der Waals surface area (Å²) >= 11 is 0. The number of aromatic nitrogens is 1. The third-order valence-corrected chi connectivity index (χ3v) is 4.14. The van der Waals surface area contributed by atoms with Crippen LogP contribution >= 0.6 is 0 Å². The summed E-state index contributed by atoms with van der Waals surface area (Å²) in [4.78, 5) is 9.23. The summed E-state index contributed by atoms with van der Waals surface area (Å²) in [5.41, 5.74) is 2.64. The molecule has 0 radical (unpaired) electrons. The Balaban J connectivity index is 2.17. The molecule has 19 heavy (non-hydrogen) atoms. The minimum absolute atomic E-state index is 0.587. The number of hydrogen-bond acceptors (Lipinski definition) is 4. The first kappa shape index (κ1) is 14.3. The van der Waals surface area contributed by atoms with E-state index in [-0.39, 0.29) is 0 Å². The topological polar surface area (TPSA) is 31.4 Å². The second-order valence-corrected chi connectivity index (χ2v) is 5.55. The standard InChI is InChI=1S/C15H26N4/c1-5-16-8-14-9-17-7-6-15(14)19-10-12(2)18(4)13(3)11-19/h6-7,9,12-13,16H,5,8,10-11H2,1-4H3. The lowest BCUT2D eigenvalue weighted by Crippen LogP contribution is -2.55. The lowest BCUT2D eigenvalue weighted by molar-refractivity contribution is 0.170. The van der Waals surface area contributed by atoms with Crippen LogP contribution in [0.25, 0.3) is 0 Å². The Morgan fingerprint density at radius 3 is 2.63 bits per heavy atom. The summed E-state index contributed by atoms with van der Waals surface area (Å²) in [5.74, 6) is 0. The van der Waals surface area contributed by atoms with Gasteiger partial charge in [0.15, 0.2) is 0 Å². The molecule has 0 bridgehead atoms. The van der Waals surface area contributed by atoms with Gasteiger partial charge in [-0.3, -0.25) is 9.88 Å². The second-order valence-electron chi connectivity index (χ2n) is 5.55. The van der Waals surface area contributed by atoms with E-state index in [1.165, 1.54) is 11.3 Å². The molecule has 4 heteroatoms. The van der Waals surface area contributed by atoms with Crippen LogP contribution in [0.2, 0.25) is 0 Å². The Kier molecular flexibility index (Phi) is 4.77. The molecule has 1 aromatic rings. The van der Waals surface area contributed by atoms with Crippen LogP contribution in [0.3, 0.4) is 0 Å². The Labute approximate surface area is 116 Å². The van der Waals surface area contributed by atoms with Gasteiger partial charge in [0.2, 0.25) is 0 Å². The summed E-state index contributed by atoms with van der Waals surface area (Å²) in [6, 6.07) is 3.32. The average molecular weight is 262 g/mol. The molecule has 1 N–H and O–H groups in total. The van der Waals surface area contributed by atoms with Crippen LogP contribution in [0.5, 0.6) is 0 Å². The Morgan fingerprint density at radius 1 is 1.32 bits per heavy atom. The summed E-state index contributed by atoms with van der Waals surface area (Å²) in [6.45, 7) is 10.8. The van der Waals surface area contributed by atoms with Crippen LogP contribution in [-0.2, 0) is 6.54 Å². The van der Waals surface area contributed by atoms with Gasteiger partial charge in [0, 0.05) is 55.4 Å². The molecule has 1 saturated heterocycles. The monoisotopic (exact) mass is 262 g/mol. The zero-order valence-electron chi connectivity index (χ0n) is 12.6. The van der Waals surface area contributed by atoms with Crippen molar-refractivity contribution in [3.63, 3.8) is 0 Å². The molecule has 1 aliphatic rings. The van der Waals surface area contributed by atoms with Gasteiger partial charge in [-0.25, -0.2) is 0 Å². The molecule has 1 fully saturated rings. The van der Waals surface area contributed by atoms with Gasteiger partial charge >= 0.3 is 0 Å². The number of anilines is 1. The number of rotatable bonds is 4. The van der Waals surface area contributed by atoms with E-state index in [9.17, 15) is 0 Å². The third-order valence-electron chi connectivity index (χ3n) is 4.14. The van der Waals surface area contributed by atoms with Gasteiger partial charge in [-0.2, -0.15) is 0 Å². The first-order valence-electron chi connectivity index (χ1n) is 7.24. The fraction of sp³-hybridized carbons (Fsp3) is 0.667. The van der Waals surface area contributed by atoms with Gasteiger partial charge in [-0.05, 0) is 33.5 Å². The van der Waals surface area contributed by atoms with Crippen molar-refractivity contribution in [3.8, 4) is 0 Å². The normalized spacial score (nSPS) is 24.7. The molecule has 4 nitrogen and oxygen atoms in total. The number of hydrogen-bond donors (Lipinski definition) is 1. The first-order valence-corrected chi connectivity index (χ1v) is 7.24. The lowest BCUT2D eigenvalue weighted by atomic mass is 10.1.